The number of aromatic hydroxyl groups is 1. The second kappa shape index (κ2) is 7.01. The van der Waals surface area contributed by atoms with Crippen molar-refractivity contribution in [3.8, 4) is 5.88 Å². The fourth-order valence-electron chi connectivity index (χ4n) is 2.86. The number of aromatic nitrogens is 3. The molecule has 0 fully saturated rings. The van der Waals surface area contributed by atoms with Gasteiger partial charge < -0.3 is 10.0 Å². The van der Waals surface area contributed by atoms with E-state index in [9.17, 15) is 23.1 Å². The van der Waals surface area contributed by atoms with Gasteiger partial charge in [-0.1, -0.05) is 11.6 Å². The highest BCUT2D eigenvalue weighted by molar-refractivity contribution is 7.15. The molecule has 0 aliphatic rings. The number of carbonyl (C=O) groups excluding carboxylic acids is 1. The summed E-state index contributed by atoms with van der Waals surface area (Å²) in [6, 6.07) is 3.45. The number of nitrogens with zero attached hydrogens (tertiary/aromatic N) is 4. The van der Waals surface area contributed by atoms with Crippen LogP contribution in [0.5, 0.6) is 5.88 Å². The maximum Gasteiger partial charge on any atom is 0.406 e. The van der Waals surface area contributed by atoms with Crippen molar-refractivity contribution in [1.29, 1.82) is 0 Å². The zero-order valence-electron chi connectivity index (χ0n) is 14.3. The quantitative estimate of drug-likeness (QED) is 0.661. The lowest BCUT2D eigenvalue weighted by Crippen LogP contribution is -2.37. The maximum atomic E-state index is 12.7. The van der Waals surface area contributed by atoms with Gasteiger partial charge in [-0.2, -0.15) is 17.6 Å². The van der Waals surface area contributed by atoms with E-state index < -0.39 is 24.5 Å². The van der Waals surface area contributed by atoms with Gasteiger partial charge in [0.25, 0.3) is 11.3 Å². The monoisotopic (exact) mass is 419 g/mol. The molecule has 11 heteroatoms. The summed E-state index contributed by atoms with van der Waals surface area (Å²) in [5, 5.41) is 10.6. The summed E-state index contributed by atoms with van der Waals surface area (Å²) in [4.78, 5) is 17.9. The SMILES string of the molecule is Cc1ccc[n+]2c(O)c(C(=O)N(C)CC(F)(F)F)n(Cc3cnc(Cl)s3)c12. The molecule has 3 rings (SSSR count). The highest BCUT2D eigenvalue weighted by Gasteiger charge is 2.38. The first kappa shape index (κ1) is 19.4. The van der Waals surface area contributed by atoms with Gasteiger partial charge in [-0.25, -0.2) is 9.55 Å². The number of aryl methyl sites for hydroxylation is 1. The third-order valence-corrected chi connectivity index (χ3v) is 5.03. The van der Waals surface area contributed by atoms with Crippen LogP contribution in [-0.2, 0) is 6.54 Å². The number of halogens is 4. The van der Waals surface area contributed by atoms with Crippen LogP contribution in [0.1, 0.15) is 20.9 Å². The summed E-state index contributed by atoms with van der Waals surface area (Å²) in [6.45, 7) is 0.474. The largest absolute Gasteiger partial charge is 0.474 e. The third kappa shape index (κ3) is 3.86. The molecule has 3 aromatic rings. The average molecular weight is 420 g/mol. The molecule has 144 valence electrons. The molecule has 0 atom stereocenters. The highest BCUT2D eigenvalue weighted by atomic mass is 35.5. The molecular formula is C16H15ClF3N4O2S+. The van der Waals surface area contributed by atoms with Crippen molar-refractivity contribution >= 4 is 34.5 Å². The number of hydrogen-bond acceptors (Lipinski definition) is 4. The highest BCUT2D eigenvalue weighted by Crippen LogP contribution is 2.26. The van der Waals surface area contributed by atoms with Crippen LogP contribution in [-0.4, -0.2) is 45.2 Å². The molecule has 0 spiro atoms. The molecule has 1 N–H and O–H groups in total. The van der Waals surface area contributed by atoms with E-state index in [1.807, 2.05) is 0 Å². The van der Waals surface area contributed by atoms with Crippen molar-refractivity contribution in [3.63, 3.8) is 0 Å². The molecule has 0 aliphatic carbocycles. The lowest BCUT2D eigenvalue weighted by Gasteiger charge is -2.17. The Morgan fingerprint density at radius 3 is 2.78 bits per heavy atom. The molecule has 0 aliphatic heterocycles. The van der Waals surface area contributed by atoms with Crippen molar-refractivity contribution in [3.05, 3.63) is 45.1 Å². The first-order valence-electron chi connectivity index (χ1n) is 7.73. The van der Waals surface area contributed by atoms with E-state index in [1.54, 1.807) is 19.1 Å². The van der Waals surface area contributed by atoms with E-state index in [4.69, 9.17) is 11.6 Å². The number of thiazole rings is 1. The van der Waals surface area contributed by atoms with Crippen molar-refractivity contribution in [2.75, 3.05) is 13.6 Å². The topological polar surface area (TPSA) is 62.5 Å². The van der Waals surface area contributed by atoms with E-state index in [1.165, 1.54) is 32.7 Å². The number of imidazole rings is 1. The Hall–Kier alpha value is -2.33. The summed E-state index contributed by atoms with van der Waals surface area (Å²) in [5.41, 5.74) is 0.991. The van der Waals surface area contributed by atoms with Crippen LogP contribution in [0.3, 0.4) is 0 Å². The normalized spacial score (nSPS) is 11.9. The smallest absolute Gasteiger partial charge is 0.406 e. The first-order chi connectivity index (χ1) is 12.6. The molecule has 0 aromatic carbocycles. The van der Waals surface area contributed by atoms with Gasteiger partial charge in [0, 0.05) is 18.8 Å². The number of hydrogen-bond donors (Lipinski definition) is 1. The van der Waals surface area contributed by atoms with Crippen LogP contribution in [0.2, 0.25) is 4.47 Å². The Balaban J connectivity index is 2.16. The zero-order chi connectivity index (χ0) is 19.9. The van der Waals surface area contributed by atoms with E-state index >= 15 is 0 Å². The number of pyridine rings is 1. The van der Waals surface area contributed by atoms with Crippen LogP contribution in [0.4, 0.5) is 13.2 Å². The van der Waals surface area contributed by atoms with Gasteiger partial charge in [-0.3, -0.25) is 4.79 Å². The second-order valence-electron chi connectivity index (χ2n) is 6.00. The van der Waals surface area contributed by atoms with Gasteiger partial charge in [-0.15, -0.1) is 11.3 Å². The van der Waals surface area contributed by atoms with Gasteiger partial charge in [-0.05, 0) is 19.1 Å². The third-order valence-electron chi connectivity index (χ3n) is 3.93. The van der Waals surface area contributed by atoms with Crippen LogP contribution >= 0.6 is 22.9 Å². The minimum Gasteiger partial charge on any atom is -0.474 e. The molecule has 3 aromatic heterocycles. The Bertz CT molecular complexity index is 1020. The number of amides is 1. The van der Waals surface area contributed by atoms with Gasteiger partial charge >= 0.3 is 18.0 Å². The van der Waals surface area contributed by atoms with Crippen molar-refractivity contribution in [1.82, 2.24) is 14.5 Å². The minimum absolute atomic E-state index is 0.125. The fourth-order valence-corrected chi connectivity index (χ4v) is 3.83. The van der Waals surface area contributed by atoms with E-state index in [0.29, 0.717) is 19.9 Å². The molecule has 0 saturated carbocycles. The summed E-state index contributed by atoms with van der Waals surface area (Å²) in [6.07, 6.45) is -1.49. The second-order valence-corrected chi connectivity index (χ2v) is 7.70. The first-order valence-corrected chi connectivity index (χ1v) is 8.93. The molecule has 3 heterocycles. The zero-order valence-corrected chi connectivity index (χ0v) is 15.9. The molecule has 0 bridgehead atoms. The molecule has 0 radical (unpaired) electrons. The number of fused-ring (bicyclic) bond motifs is 1. The van der Waals surface area contributed by atoms with Crippen molar-refractivity contribution in [2.45, 2.75) is 19.6 Å². The van der Waals surface area contributed by atoms with Gasteiger partial charge in [0.15, 0.2) is 4.47 Å². The Labute approximate surface area is 161 Å². The van der Waals surface area contributed by atoms with E-state index in [2.05, 4.69) is 4.98 Å². The van der Waals surface area contributed by atoms with Crippen LogP contribution < -0.4 is 4.40 Å². The molecular weight excluding hydrogens is 405 g/mol. The number of alkyl halides is 3. The predicted molar refractivity (Wildman–Crippen MR) is 93.2 cm³/mol. The van der Waals surface area contributed by atoms with Crippen LogP contribution in [0.15, 0.2) is 24.5 Å². The van der Waals surface area contributed by atoms with E-state index in [-0.39, 0.29) is 12.2 Å². The molecule has 1 amide bonds. The maximum absolute atomic E-state index is 12.7. The average Bonchev–Trinajstić information content (AvgIpc) is 3.08. The van der Waals surface area contributed by atoms with Crippen LogP contribution in [0.25, 0.3) is 5.65 Å². The Morgan fingerprint density at radius 1 is 1.48 bits per heavy atom. The lowest BCUT2D eigenvalue weighted by atomic mass is 10.3. The fraction of sp³-hybridized carbons (Fsp3) is 0.312. The standard InChI is InChI=1S/C16H14ClF3N4O2S/c1-9-4-3-5-23-12(9)24(7-10-6-21-15(17)27-10)11(14(23)26)13(25)22(2)8-16(18,19)20/h3-6H,7-8H2,1-2H3/p+1. The molecule has 0 saturated heterocycles. The van der Waals surface area contributed by atoms with E-state index in [0.717, 1.165) is 12.6 Å². The number of carbonyl (C=O) groups is 1. The number of rotatable bonds is 4. The molecule has 0 unspecified atom stereocenters. The van der Waals surface area contributed by atoms with Gasteiger partial charge in [0.1, 0.15) is 13.1 Å². The van der Waals surface area contributed by atoms with Gasteiger partial charge in [0.05, 0.1) is 11.1 Å². The van der Waals surface area contributed by atoms with Gasteiger partial charge in [0.2, 0.25) is 0 Å². The Morgan fingerprint density at radius 2 is 2.19 bits per heavy atom. The minimum atomic E-state index is -4.55. The lowest BCUT2D eigenvalue weighted by molar-refractivity contribution is -0.521. The summed E-state index contributed by atoms with van der Waals surface area (Å²) in [7, 11) is 1.04. The summed E-state index contributed by atoms with van der Waals surface area (Å²) in [5.74, 6) is -1.37. The predicted octanol–water partition coefficient (Wildman–Crippen LogP) is 3.03. The molecule has 6 nitrogen and oxygen atoms in total. The van der Waals surface area contributed by atoms with Crippen molar-refractivity contribution in [2.24, 2.45) is 0 Å². The summed E-state index contributed by atoms with van der Waals surface area (Å²) >= 11 is 7.03. The summed E-state index contributed by atoms with van der Waals surface area (Å²) < 4.78 is 41.3. The van der Waals surface area contributed by atoms with Crippen LogP contribution in [0, 0.1) is 6.92 Å². The Kier molecular flexibility index (Phi) is 5.04. The van der Waals surface area contributed by atoms with Crippen molar-refractivity contribution < 1.29 is 27.5 Å². The molecule has 27 heavy (non-hydrogen) atoms.